The number of carbonyl (C=O) groups is 1. The lowest BCUT2D eigenvalue weighted by molar-refractivity contribution is 0.0730. The smallest absolute Gasteiger partial charge is 0.274 e. The first-order valence-corrected chi connectivity index (χ1v) is 6.35. The summed E-state index contributed by atoms with van der Waals surface area (Å²) in [4.78, 5) is 14.3. The number of hydrogen-bond donors (Lipinski definition) is 1. The molecule has 0 aliphatic carbocycles. The molecule has 2 N–H and O–H groups in total. The standard InChI is InChI=1S/C12H20N4O2/c1-3-16-11(10(13)9(2)14-16)12(17)15-5-4-7-18-8-6-15/h3-8,13H2,1-2H3. The van der Waals surface area contributed by atoms with Gasteiger partial charge in [-0.15, -0.1) is 0 Å². The van der Waals surface area contributed by atoms with Crippen LogP contribution in [0.2, 0.25) is 0 Å². The Hall–Kier alpha value is -1.56. The molecule has 1 fully saturated rings. The lowest BCUT2D eigenvalue weighted by Gasteiger charge is -2.20. The second-order valence-electron chi connectivity index (χ2n) is 4.42. The zero-order chi connectivity index (χ0) is 13.1. The molecule has 2 rings (SSSR count). The summed E-state index contributed by atoms with van der Waals surface area (Å²) in [5.41, 5.74) is 7.68. The van der Waals surface area contributed by atoms with E-state index in [1.165, 1.54) is 0 Å². The Morgan fingerprint density at radius 1 is 1.44 bits per heavy atom. The maximum absolute atomic E-state index is 12.5. The summed E-state index contributed by atoms with van der Waals surface area (Å²) in [6.45, 7) is 7.05. The van der Waals surface area contributed by atoms with Gasteiger partial charge in [0.2, 0.25) is 0 Å². The molecule has 6 nitrogen and oxygen atoms in total. The fourth-order valence-electron chi connectivity index (χ4n) is 2.15. The van der Waals surface area contributed by atoms with Crippen LogP contribution in [0, 0.1) is 6.92 Å². The predicted octanol–water partition coefficient (Wildman–Crippen LogP) is 0.656. The average Bonchev–Trinajstić information content (AvgIpc) is 2.60. The van der Waals surface area contributed by atoms with E-state index in [4.69, 9.17) is 10.5 Å². The number of nitrogens with zero attached hydrogens (tertiary/aromatic N) is 3. The zero-order valence-corrected chi connectivity index (χ0v) is 11.0. The van der Waals surface area contributed by atoms with E-state index < -0.39 is 0 Å². The van der Waals surface area contributed by atoms with E-state index >= 15 is 0 Å². The minimum absolute atomic E-state index is 0.0412. The van der Waals surface area contributed by atoms with E-state index in [0.29, 0.717) is 49.9 Å². The molecule has 0 bridgehead atoms. The Balaban J connectivity index is 2.26. The van der Waals surface area contributed by atoms with Gasteiger partial charge in [0.1, 0.15) is 5.69 Å². The number of nitrogen functional groups attached to an aromatic ring is 1. The molecule has 1 amide bonds. The van der Waals surface area contributed by atoms with Crippen molar-refractivity contribution >= 4 is 11.6 Å². The van der Waals surface area contributed by atoms with E-state index in [9.17, 15) is 4.79 Å². The Labute approximate surface area is 107 Å². The molecule has 0 atom stereocenters. The molecule has 100 valence electrons. The van der Waals surface area contributed by atoms with Gasteiger partial charge in [-0.2, -0.15) is 5.10 Å². The first-order chi connectivity index (χ1) is 8.65. The van der Waals surface area contributed by atoms with Gasteiger partial charge in [-0.1, -0.05) is 0 Å². The monoisotopic (exact) mass is 252 g/mol. The van der Waals surface area contributed by atoms with E-state index in [1.54, 1.807) is 9.58 Å². The molecule has 0 aromatic carbocycles. The molecule has 6 heteroatoms. The number of rotatable bonds is 2. The number of aromatic nitrogens is 2. The molecule has 0 radical (unpaired) electrons. The first-order valence-electron chi connectivity index (χ1n) is 6.35. The van der Waals surface area contributed by atoms with Crippen LogP contribution in [-0.2, 0) is 11.3 Å². The highest BCUT2D eigenvalue weighted by Gasteiger charge is 2.24. The molecule has 18 heavy (non-hydrogen) atoms. The van der Waals surface area contributed by atoms with Gasteiger partial charge < -0.3 is 15.4 Å². The van der Waals surface area contributed by atoms with Crippen molar-refractivity contribution < 1.29 is 9.53 Å². The average molecular weight is 252 g/mol. The summed E-state index contributed by atoms with van der Waals surface area (Å²) in [6.07, 6.45) is 0.866. The molecule has 1 aromatic rings. The first kappa shape index (κ1) is 12.9. The van der Waals surface area contributed by atoms with E-state index in [-0.39, 0.29) is 5.91 Å². The number of aryl methyl sites for hydroxylation is 2. The summed E-state index contributed by atoms with van der Waals surface area (Å²) in [5.74, 6) is -0.0412. The van der Waals surface area contributed by atoms with Crippen LogP contribution in [0.15, 0.2) is 0 Å². The van der Waals surface area contributed by atoms with Crippen molar-refractivity contribution in [2.24, 2.45) is 0 Å². The van der Waals surface area contributed by atoms with Crippen LogP contribution in [0.4, 0.5) is 5.69 Å². The van der Waals surface area contributed by atoms with Gasteiger partial charge in [0.25, 0.3) is 5.91 Å². The SMILES string of the molecule is CCn1nc(C)c(N)c1C(=O)N1CCCOCC1. The normalized spacial score (nSPS) is 16.7. The minimum atomic E-state index is -0.0412. The van der Waals surface area contributed by atoms with Crippen LogP contribution in [-0.4, -0.2) is 46.9 Å². The fourth-order valence-corrected chi connectivity index (χ4v) is 2.15. The second kappa shape index (κ2) is 5.39. The third-order valence-electron chi connectivity index (χ3n) is 3.19. The molecule has 0 spiro atoms. The minimum Gasteiger partial charge on any atom is -0.395 e. The molecule has 2 heterocycles. The maximum atomic E-state index is 12.5. The quantitative estimate of drug-likeness (QED) is 0.839. The summed E-state index contributed by atoms with van der Waals surface area (Å²) in [6, 6.07) is 0. The van der Waals surface area contributed by atoms with Crippen molar-refractivity contribution in [3.05, 3.63) is 11.4 Å². The summed E-state index contributed by atoms with van der Waals surface area (Å²) >= 11 is 0. The van der Waals surface area contributed by atoms with Gasteiger partial charge in [0, 0.05) is 26.2 Å². The molecule has 1 aliphatic heterocycles. The van der Waals surface area contributed by atoms with Crippen LogP contribution in [0.1, 0.15) is 29.5 Å². The van der Waals surface area contributed by atoms with Crippen molar-refractivity contribution in [1.29, 1.82) is 0 Å². The van der Waals surface area contributed by atoms with Crippen LogP contribution >= 0.6 is 0 Å². The number of anilines is 1. The van der Waals surface area contributed by atoms with Gasteiger partial charge in [0.05, 0.1) is 18.0 Å². The Kier molecular flexibility index (Phi) is 3.86. The maximum Gasteiger partial charge on any atom is 0.274 e. The molecule has 0 unspecified atom stereocenters. The predicted molar refractivity (Wildman–Crippen MR) is 68.4 cm³/mol. The lowest BCUT2D eigenvalue weighted by atomic mass is 10.2. The number of ether oxygens (including phenoxy) is 1. The van der Waals surface area contributed by atoms with Crippen molar-refractivity contribution in [1.82, 2.24) is 14.7 Å². The molecule has 1 aliphatic rings. The number of nitrogens with two attached hydrogens (primary N) is 1. The largest absolute Gasteiger partial charge is 0.395 e. The highest BCUT2D eigenvalue weighted by molar-refractivity contribution is 5.98. The number of carbonyl (C=O) groups excluding carboxylic acids is 1. The lowest BCUT2D eigenvalue weighted by Crippen LogP contribution is -2.35. The third-order valence-corrected chi connectivity index (χ3v) is 3.19. The van der Waals surface area contributed by atoms with Gasteiger partial charge in [-0.3, -0.25) is 9.48 Å². The Morgan fingerprint density at radius 2 is 2.22 bits per heavy atom. The van der Waals surface area contributed by atoms with Gasteiger partial charge >= 0.3 is 0 Å². The van der Waals surface area contributed by atoms with Crippen molar-refractivity contribution in [3.63, 3.8) is 0 Å². The second-order valence-corrected chi connectivity index (χ2v) is 4.42. The van der Waals surface area contributed by atoms with E-state index in [0.717, 1.165) is 6.42 Å². The summed E-state index contributed by atoms with van der Waals surface area (Å²) < 4.78 is 7.03. The van der Waals surface area contributed by atoms with Crippen LogP contribution in [0.5, 0.6) is 0 Å². The van der Waals surface area contributed by atoms with Gasteiger partial charge in [-0.05, 0) is 20.3 Å². The van der Waals surface area contributed by atoms with E-state index in [1.807, 2.05) is 13.8 Å². The topological polar surface area (TPSA) is 73.4 Å². The summed E-state index contributed by atoms with van der Waals surface area (Å²) in [5, 5.41) is 4.28. The highest BCUT2D eigenvalue weighted by atomic mass is 16.5. The van der Waals surface area contributed by atoms with Crippen LogP contribution in [0.3, 0.4) is 0 Å². The van der Waals surface area contributed by atoms with Crippen LogP contribution < -0.4 is 5.73 Å². The van der Waals surface area contributed by atoms with Gasteiger partial charge in [0.15, 0.2) is 0 Å². The Bertz CT molecular complexity index is 434. The van der Waals surface area contributed by atoms with Crippen LogP contribution in [0.25, 0.3) is 0 Å². The van der Waals surface area contributed by atoms with E-state index in [2.05, 4.69) is 5.10 Å². The van der Waals surface area contributed by atoms with Gasteiger partial charge in [-0.25, -0.2) is 0 Å². The molecular formula is C12H20N4O2. The van der Waals surface area contributed by atoms with Crippen molar-refractivity contribution in [2.45, 2.75) is 26.8 Å². The molecule has 1 saturated heterocycles. The molecule has 1 aromatic heterocycles. The number of amides is 1. The fraction of sp³-hybridized carbons (Fsp3) is 0.667. The number of hydrogen-bond acceptors (Lipinski definition) is 4. The summed E-state index contributed by atoms with van der Waals surface area (Å²) in [7, 11) is 0. The molecule has 0 saturated carbocycles. The Morgan fingerprint density at radius 3 is 2.94 bits per heavy atom. The zero-order valence-electron chi connectivity index (χ0n) is 11.0. The van der Waals surface area contributed by atoms with Crippen molar-refractivity contribution in [2.75, 3.05) is 32.0 Å². The third kappa shape index (κ3) is 2.33. The van der Waals surface area contributed by atoms with Crippen molar-refractivity contribution in [3.8, 4) is 0 Å². The molecular weight excluding hydrogens is 232 g/mol. The highest BCUT2D eigenvalue weighted by Crippen LogP contribution is 2.19.